The number of rotatable bonds is 17. The van der Waals surface area contributed by atoms with Crippen molar-refractivity contribution >= 4 is 29.8 Å². The summed E-state index contributed by atoms with van der Waals surface area (Å²) in [6.07, 6.45) is 12.0. The maximum atomic E-state index is 13.0. The van der Waals surface area contributed by atoms with E-state index in [4.69, 9.17) is 20.4 Å². The summed E-state index contributed by atoms with van der Waals surface area (Å²) in [6.45, 7) is 4.44. The van der Waals surface area contributed by atoms with Gasteiger partial charge in [0.05, 0.1) is 34.9 Å². The van der Waals surface area contributed by atoms with E-state index in [2.05, 4.69) is 63.8 Å². The molecule has 0 radical (unpaired) electrons. The average molecular weight is 1310 g/mol. The molecule has 4 N–H and O–H groups in total. The first-order valence-electron chi connectivity index (χ1n) is 29.9. The van der Waals surface area contributed by atoms with Crippen LogP contribution in [0.5, 0.6) is 11.5 Å². The molecule has 8 aromatic carbocycles. The summed E-state index contributed by atoms with van der Waals surface area (Å²) in [4.78, 5) is 55.2. The molecule has 12 rings (SSSR count). The lowest BCUT2D eigenvalue weighted by Crippen LogP contribution is -2.19. The molecule has 492 valence electrons. The Bertz CT molecular complexity index is 4680. The van der Waals surface area contributed by atoms with E-state index < -0.39 is 36.6 Å². The van der Waals surface area contributed by atoms with Crippen LogP contribution in [0.1, 0.15) is 85.0 Å². The Balaban J connectivity index is 0.000000152. The standard InChI is InChI=1S/C21H21NO2.C19H15F2NO3.C19H15NO4.C18H13F2NO3/c1-21(2,3)18-7-9-19(10-8-18)22-12-11-17(14-22)15-5-4-6-16(13-15)20(23)24;1-19(20,21)25-17-4-2-3-16(11-17)22-10-9-15(12-22)13-5-7-14(8-6-13)18(23)24;1-24-19(23)15-6-8-17(9-7-15)20-11-10-16(12-20)13-2-4-14(5-3-13)18(21)22;19-18(20)24-16-7-5-15(6-8-16)21-10-9-14(11-21)12-1-3-13(4-2-12)17(22)23/h4-14H,1-3H3,(H,23,24);2-12H,1H3,(H,23,24);2-12H,1H3,(H,21,22);1-11,18H,(H,22,23). The van der Waals surface area contributed by atoms with E-state index in [1.54, 1.807) is 126 Å². The van der Waals surface area contributed by atoms with Gasteiger partial charge in [0.25, 0.3) is 0 Å². The van der Waals surface area contributed by atoms with Gasteiger partial charge < -0.3 is 52.9 Å². The minimum Gasteiger partial charge on any atom is -0.478 e. The lowest BCUT2D eigenvalue weighted by atomic mass is 9.87. The number of nitrogens with zero attached hydrogens (tertiary/aromatic N) is 4. The molecule has 97 heavy (non-hydrogen) atoms. The molecule has 0 aliphatic rings. The highest BCUT2D eigenvalue weighted by Gasteiger charge is 2.23. The topological polar surface area (TPSA) is 214 Å². The van der Waals surface area contributed by atoms with Gasteiger partial charge in [0.1, 0.15) is 11.5 Å². The highest BCUT2D eigenvalue weighted by atomic mass is 19.3. The van der Waals surface area contributed by atoms with Gasteiger partial charge in [-0.05, 0) is 201 Å². The van der Waals surface area contributed by atoms with Crippen LogP contribution < -0.4 is 9.47 Å². The van der Waals surface area contributed by atoms with Crippen molar-refractivity contribution in [3.8, 4) is 78.8 Å². The molecule has 12 aromatic rings. The molecular weight excluding hydrogens is 1250 g/mol. The van der Waals surface area contributed by atoms with Crippen LogP contribution in [-0.4, -0.2) is 88.4 Å². The van der Waals surface area contributed by atoms with Crippen LogP contribution in [-0.2, 0) is 10.2 Å². The number of alkyl halides is 4. The van der Waals surface area contributed by atoms with Gasteiger partial charge in [-0.25, -0.2) is 24.0 Å². The molecule has 0 atom stereocenters. The summed E-state index contributed by atoms with van der Waals surface area (Å²) in [7, 11) is 1.35. The smallest absolute Gasteiger partial charge is 0.394 e. The molecule has 0 spiro atoms. The number of aromatic nitrogens is 4. The van der Waals surface area contributed by atoms with Gasteiger partial charge in [0.15, 0.2) is 0 Å². The van der Waals surface area contributed by atoms with Crippen LogP contribution in [0.15, 0.2) is 268 Å². The summed E-state index contributed by atoms with van der Waals surface area (Å²) >= 11 is 0. The number of carboxylic acids is 4. The molecule has 4 aromatic heterocycles. The van der Waals surface area contributed by atoms with Gasteiger partial charge in [-0.15, -0.1) is 0 Å². The minimum atomic E-state index is -3.24. The number of carbonyl (C=O) groups excluding carboxylic acids is 1. The zero-order chi connectivity index (χ0) is 69.6. The van der Waals surface area contributed by atoms with Gasteiger partial charge in [-0.2, -0.15) is 17.6 Å². The lowest BCUT2D eigenvalue weighted by Gasteiger charge is -2.19. The Kier molecular flexibility index (Phi) is 21.7. The molecule has 0 amide bonds. The number of methoxy groups -OCH3 is 1. The van der Waals surface area contributed by atoms with Crippen molar-refractivity contribution in [2.24, 2.45) is 0 Å². The van der Waals surface area contributed by atoms with E-state index in [0.717, 1.165) is 61.6 Å². The summed E-state index contributed by atoms with van der Waals surface area (Å²) in [6, 6.07) is 62.8. The first-order valence-corrected chi connectivity index (χ1v) is 29.9. The molecular formula is C77H64F4N4O12. The average Bonchev–Trinajstić information content (AvgIpc) is 1.75. The van der Waals surface area contributed by atoms with Crippen molar-refractivity contribution in [2.45, 2.75) is 45.8 Å². The Hall–Kier alpha value is -12.5. The number of halogens is 4. The van der Waals surface area contributed by atoms with Crippen LogP contribution >= 0.6 is 0 Å². The van der Waals surface area contributed by atoms with E-state index in [9.17, 15) is 41.5 Å². The van der Waals surface area contributed by atoms with Gasteiger partial charge >= 0.3 is 42.6 Å². The molecule has 20 heteroatoms. The summed E-state index contributed by atoms with van der Waals surface area (Å²) in [5.41, 5.74) is 13.8. The third kappa shape index (κ3) is 18.7. The van der Waals surface area contributed by atoms with Gasteiger partial charge in [0, 0.05) is 85.3 Å². The number of hydrogen-bond donors (Lipinski definition) is 4. The third-order valence-corrected chi connectivity index (χ3v) is 15.0. The van der Waals surface area contributed by atoms with Crippen molar-refractivity contribution in [3.63, 3.8) is 0 Å². The van der Waals surface area contributed by atoms with Crippen LogP contribution in [0.2, 0.25) is 0 Å². The zero-order valence-corrected chi connectivity index (χ0v) is 52.8. The van der Waals surface area contributed by atoms with E-state index in [-0.39, 0.29) is 39.6 Å². The Labute approximate surface area is 554 Å². The van der Waals surface area contributed by atoms with Crippen molar-refractivity contribution in [2.75, 3.05) is 7.11 Å². The largest absolute Gasteiger partial charge is 0.478 e. The Morgan fingerprint density at radius 2 is 0.732 bits per heavy atom. The molecule has 16 nitrogen and oxygen atoms in total. The highest BCUT2D eigenvalue weighted by molar-refractivity contribution is 5.91. The Morgan fingerprint density at radius 1 is 0.371 bits per heavy atom. The summed E-state index contributed by atoms with van der Waals surface area (Å²) < 4.78 is 71.5. The third-order valence-electron chi connectivity index (χ3n) is 15.0. The second-order valence-corrected chi connectivity index (χ2v) is 22.9. The number of aromatic carboxylic acids is 4. The molecule has 0 aliphatic heterocycles. The van der Waals surface area contributed by atoms with E-state index in [1.807, 2.05) is 95.0 Å². The Morgan fingerprint density at radius 3 is 1.10 bits per heavy atom. The second kappa shape index (κ2) is 30.5. The van der Waals surface area contributed by atoms with Gasteiger partial charge in [-0.3, -0.25) is 0 Å². The highest BCUT2D eigenvalue weighted by Crippen LogP contribution is 2.30. The monoisotopic (exact) mass is 1310 g/mol. The predicted octanol–water partition coefficient (Wildman–Crippen LogP) is 18.0. The maximum Gasteiger partial charge on any atom is 0.394 e. The molecule has 0 bridgehead atoms. The fourth-order valence-electron chi connectivity index (χ4n) is 9.89. The number of benzene rings is 8. The maximum absolute atomic E-state index is 13.0. The number of hydrogen-bond acceptors (Lipinski definition) is 8. The zero-order valence-electron chi connectivity index (χ0n) is 52.8. The summed E-state index contributed by atoms with van der Waals surface area (Å²) in [5, 5.41) is 35.9. The fraction of sp³-hybridized carbons (Fsp3) is 0.104. The molecule has 0 saturated carbocycles. The quantitative estimate of drug-likeness (QED) is 0.0495. The molecule has 0 unspecified atom stereocenters. The number of carboxylic acid groups (broad SMARTS) is 4. The normalized spacial score (nSPS) is 11.0. The van der Waals surface area contributed by atoms with Crippen molar-refractivity contribution in [1.82, 2.24) is 18.3 Å². The lowest BCUT2D eigenvalue weighted by molar-refractivity contribution is -0.158. The first-order chi connectivity index (χ1) is 46.3. The van der Waals surface area contributed by atoms with Crippen molar-refractivity contribution < 1.29 is 76.2 Å². The SMILES string of the molecule is CC(C)(C)c1ccc(-n2ccc(-c3cccc(C(=O)O)c3)c2)cc1.CC(F)(F)Oc1cccc(-n2ccc(-c3ccc(C(=O)O)cc3)c2)c1.COC(=O)c1ccc(-n2ccc(-c3ccc(C(=O)O)cc3)c2)cc1.O=C(O)c1ccc(-c2ccn(-c3ccc(OC(F)F)cc3)c2)cc1. The minimum absolute atomic E-state index is 0.0751. The number of ether oxygens (including phenoxy) is 3. The second-order valence-electron chi connectivity index (χ2n) is 22.9. The first kappa shape index (κ1) is 68.9. The number of esters is 1. The van der Waals surface area contributed by atoms with Crippen LogP contribution in [0.25, 0.3) is 67.3 Å². The molecule has 0 aliphatic carbocycles. The molecule has 0 saturated heterocycles. The van der Waals surface area contributed by atoms with E-state index >= 15 is 0 Å². The van der Waals surface area contributed by atoms with Gasteiger partial charge in [-0.1, -0.05) is 87.5 Å². The van der Waals surface area contributed by atoms with Crippen molar-refractivity contribution in [1.29, 1.82) is 0 Å². The predicted molar refractivity (Wildman–Crippen MR) is 361 cm³/mol. The van der Waals surface area contributed by atoms with E-state index in [0.29, 0.717) is 23.7 Å². The summed E-state index contributed by atoms with van der Waals surface area (Å²) in [5.74, 6) is -3.98. The fourth-order valence-corrected chi connectivity index (χ4v) is 9.89. The van der Waals surface area contributed by atoms with E-state index in [1.165, 1.54) is 49.1 Å². The molecule has 0 fully saturated rings. The van der Waals surface area contributed by atoms with Crippen LogP contribution in [0.4, 0.5) is 17.6 Å². The van der Waals surface area contributed by atoms with Gasteiger partial charge in [0.2, 0.25) is 0 Å². The van der Waals surface area contributed by atoms with Crippen LogP contribution in [0, 0.1) is 0 Å². The molecule has 4 heterocycles. The van der Waals surface area contributed by atoms with Crippen LogP contribution in [0.3, 0.4) is 0 Å². The number of carbonyl (C=O) groups is 5. The van der Waals surface area contributed by atoms with Crippen molar-refractivity contribution in [3.05, 3.63) is 301 Å².